The number of nitrogens with zero attached hydrogens (tertiary/aromatic N) is 3. The second-order valence-corrected chi connectivity index (χ2v) is 8.90. The minimum absolute atomic E-state index is 0.0105. The molecule has 7 heteroatoms. The van der Waals surface area contributed by atoms with E-state index in [-0.39, 0.29) is 18.4 Å². The lowest BCUT2D eigenvalue weighted by atomic mass is 9.99. The molecular formula is C26H34N4O3. The topological polar surface area (TPSA) is 79.1 Å². The molecule has 2 aliphatic heterocycles. The number of carbonyl (C=O) groups excluding carboxylic acids is 2. The normalized spacial score (nSPS) is 17.7. The second-order valence-electron chi connectivity index (χ2n) is 8.90. The smallest absolute Gasteiger partial charge is 0.253 e. The van der Waals surface area contributed by atoms with Crippen molar-refractivity contribution in [2.45, 2.75) is 25.4 Å². The Bertz CT molecular complexity index is 948. The summed E-state index contributed by atoms with van der Waals surface area (Å²) in [7, 11) is 1.76. The number of amides is 2. The van der Waals surface area contributed by atoms with E-state index in [4.69, 9.17) is 10.5 Å². The molecule has 0 unspecified atom stereocenters. The summed E-state index contributed by atoms with van der Waals surface area (Å²) in [4.78, 5) is 30.9. The fraction of sp³-hybridized carbons (Fsp3) is 0.462. The highest BCUT2D eigenvalue weighted by molar-refractivity contribution is 5.94. The zero-order chi connectivity index (χ0) is 23.2. The van der Waals surface area contributed by atoms with Gasteiger partial charge in [-0.3, -0.25) is 14.5 Å². The van der Waals surface area contributed by atoms with E-state index in [9.17, 15) is 9.59 Å². The first-order chi connectivity index (χ1) is 16.0. The van der Waals surface area contributed by atoms with Crippen LogP contribution in [0.4, 0.5) is 0 Å². The first-order valence-corrected chi connectivity index (χ1v) is 11.8. The third-order valence-corrected chi connectivity index (χ3v) is 6.73. The molecule has 2 aliphatic rings. The quantitative estimate of drug-likeness (QED) is 0.730. The van der Waals surface area contributed by atoms with Crippen molar-refractivity contribution >= 4 is 11.8 Å². The second kappa shape index (κ2) is 10.9. The number of morpholine rings is 1. The van der Waals surface area contributed by atoms with Gasteiger partial charge in [0.25, 0.3) is 5.91 Å². The highest BCUT2D eigenvalue weighted by Crippen LogP contribution is 2.24. The third-order valence-electron chi connectivity index (χ3n) is 6.73. The van der Waals surface area contributed by atoms with Crippen LogP contribution in [0.5, 0.6) is 0 Å². The van der Waals surface area contributed by atoms with Crippen LogP contribution in [0.2, 0.25) is 0 Å². The van der Waals surface area contributed by atoms with Crippen LogP contribution in [-0.2, 0) is 16.1 Å². The molecule has 0 aliphatic carbocycles. The maximum atomic E-state index is 13.0. The average Bonchev–Trinajstić information content (AvgIpc) is 2.88. The number of rotatable bonds is 6. The first-order valence-electron chi connectivity index (χ1n) is 11.8. The van der Waals surface area contributed by atoms with Crippen LogP contribution >= 0.6 is 0 Å². The van der Waals surface area contributed by atoms with E-state index in [2.05, 4.69) is 11.0 Å². The van der Waals surface area contributed by atoms with E-state index >= 15 is 0 Å². The van der Waals surface area contributed by atoms with E-state index in [1.165, 1.54) is 0 Å². The first kappa shape index (κ1) is 23.4. The number of piperidine rings is 1. The summed E-state index contributed by atoms with van der Waals surface area (Å²) < 4.78 is 5.46. The SMILES string of the molecule is CN(Cc1cccc(-c2ccc(C(=O)N3CCC(N4CCOCC4)CC3)cc2)c1)C(=O)CN. The molecule has 2 saturated heterocycles. The van der Waals surface area contributed by atoms with Gasteiger partial charge in [0, 0.05) is 51.4 Å². The number of likely N-dealkylation sites (tertiary alicyclic amines) is 1. The van der Waals surface area contributed by atoms with Crippen molar-refractivity contribution < 1.29 is 14.3 Å². The fourth-order valence-electron chi connectivity index (χ4n) is 4.73. The lowest BCUT2D eigenvalue weighted by Gasteiger charge is -2.40. The molecule has 4 rings (SSSR count). The van der Waals surface area contributed by atoms with Crippen molar-refractivity contribution in [1.82, 2.24) is 14.7 Å². The Hall–Kier alpha value is -2.74. The molecule has 0 aromatic heterocycles. The Morgan fingerprint density at radius 1 is 1.00 bits per heavy atom. The molecule has 0 spiro atoms. The predicted molar refractivity (Wildman–Crippen MR) is 129 cm³/mol. The molecule has 7 nitrogen and oxygen atoms in total. The monoisotopic (exact) mass is 450 g/mol. The van der Waals surface area contributed by atoms with Gasteiger partial charge in [0.05, 0.1) is 19.8 Å². The Morgan fingerprint density at radius 2 is 1.70 bits per heavy atom. The third kappa shape index (κ3) is 5.79. The van der Waals surface area contributed by atoms with Crippen molar-refractivity contribution in [3.05, 3.63) is 59.7 Å². The summed E-state index contributed by atoms with van der Waals surface area (Å²) in [6.45, 7) is 5.77. The largest absolute Gasteiger partial charge is 0.379 e. The minimum atomic E-state index is -0.0859. The van der Waals surface area contributed by atoms with Crippen LogP contribution in [0, 0.1) is 0 Å². The van der Waals surface area contributed by atoms with Crippen LogP contribution in [0.25, 0.3) is 11.1 Å². The number of ether oxygens (including phenoxy) is 1. The number of hydrogen-bond acceptors (Lipinski definition) is 5. The van der Waals surface area contributed by atoms with Gasteiger partial charge in [0.2, 0.25) is 5.91 Å². The van der Waals surface area contributed by atoms with Gasteiger partial charge in [-0.05, 0) is 47.7 Å². The Morgan fingerprint density at radius 3 is 2.36 bits per heavy atom. The molecule has 2 aromatic rings. The number of hydrogen-bond donors (Lipinski definition) is 1. The molecule has 0 bridgehead atoms. The molecule has 0 radical (unpaired) electrons. The molecule has 2 aromatic carbocycles. The standard InChI is InChI=1S/C26H34N4O3/c1-28(25(31)18-27)19-20-3-2-4-23(17-20)21-5-7-22(8-6-21)26(32)30-11-9-24(10-12-30)29-13-15-33-16-14-29/h2-8,17,24H,9-16,18-19,27H2,1H3. The Labute approximate surface area is 196 Å². The molecule has 2 amide bonds. The lowest BCUT2D eigenvalue weighted by molar-refractivity contribution is -0.128. The van der Waals surface area contributed by atoms with Crippen molar-refractivity contribution in [3.8, 4) is 11.1 Å². The predicted octanol–water partition coefficient (Wildman–Crippen LogP) is 2.21. The van der Waals surface area contributed by atoms with Gasteiger partial charge in [-0.15, -0.1) is 0 Å². The van der Waals surface area contributed by atoms with Crippen LogP contribution < -0.4 is 5.73 Å². The Kier molecular flexibility index (Phi) is 7.75. The van der Waals surface area contributed by atoms with Crippen molar-refractivity contribution in [1.29, 1.82) is 0 Å². The molecular weight excluding hydrogens is 416 g/mol. The van der Waals surface area contributed by atoms with Crippen LogP contribution in [0.15, 0.2) is 48.5 Å². The zero-order valence-corrected chi connectivity index (χ0v) is 19.4. The van der Waals surface area contributed by atoms with Crippen LogP contribution in [0.3, 0.4) is 0 Å². The molecule has 2 N–H and O–H groups in total. The average molecular weight is 451 g/mol. The summed E-state index contributed by atoms with van der Waals surface area (Å²) in [6, 6.07) is 16.5. The van der Waals surface area contributed by atoms with Gasteiger partial charge in [-0.2, -0.15) is 0 Å². The van der Waals surface area contributed by atoms with Crippen LogP contribution in [-0.4, -0.2) is 85.5 Å². The van der Waals surface area contributed by atoms with Gasteiger partial charge in [-0.1, -0.05) is 30.3 Å². The van der Waals surface area contributed by atoms with Gasteiger partial charge < -0.3 is 20.3 Å². The molecule has 176 valence electrons. The summed E-state index contributed by atoms with van der Waals surface area (Å²) in [5.41, 5.74) is 9.33. The van der Waals surface area contributed by atoms with Crippen molar-refractivity contribution in [3.63, 3.8) is 0 Å². The van der Waals surface area contributed by atoms with E-state index < -0.39 is 0 Å². The van der Waals surface area contributed by atoms with E-state index in [0.717, 1.165) is 74.5 Å². The number of likely N-dealkylation sites (N-methyl/N-ethyl adjacent to an activating group) is 1. The highest BCUT2D eigenvalue weighted by Gasteiger charge is 2.28. The highest BCUT2D eigenvalue weighted by atomic mass is 16.5. The number of nitrogens with two attached hydrogens (primary N) is 1. The van der Waals surface area contributed by atoms with Gasteiger partial charge in [-0.25, -0.2) is 0 Å². The zero-order valence-electron chi connectivity index (χ0n) is 19.4. The molecule has 0 saturated carbocycles. The minimum Gasteiger partial charge on any atom is -0.379 e. The lowest BCUT2D eigenvalue weighted by Crippen LogP contribution is -2.50. The number of benzene rings is 2. The van der Waals surface area contributed by atoms with Crippen molar-refractivity contribution in [2.24, 2.45) is 5.73 Å². The molecule has 2 fully saturated rings. The summed E-state index contributed by atoms with van der Waals surface area (Å²) in [5.74, 6) is 0.0231. The fourth-order valence-corrected chi connectivity index (χ4v) is 4.73. The van der Waals surface area contributed by atoms with Gasteiger partial charge >= 0.3 is 0 Å². The molecule has 2 heterocycles. The van der Waals surface area contributed by atoms with E-state index in [1.54, 1.807) is 11.9 Å². The molecule has 33 heavy (non-hydrogen) atoms. The summed E-state index contributed by atoms with van der Waals surface area (Å²) >= 11 is 0. The van der Waals surface area contributed by atoms with E-state index in [1.807, 2.05) is 47.4 Å². The maximum absolute atomic E-state index is 13.0. The summed E-state index contributed by atoms with van der Waals surface area (Å²) in [6.07, 6.45) is 2.05. The molecule has 0 atom stereocenters. The number of carbonyl (C=O) groups is 2. The Balaban J connectivity index is 1.36. The van der Waals surface area contributed by atoms with Gasteiger partial charge in [0.15, 0.2) is 0 Å². The van der Waals surface area contributed by atoms with Crippen molar-refractivity contribution in [2.75, 3.05) is 53.0 Å². The van der Waals surface area contributed by atoms with Crippen LogP contribution in [0.1, 0.15) is 28.8 Å². The maximum Gasteiger partial charge on any atom is 0.253 e. The van der Waals surface area contributed by atoms with E-state index in [0.29, 0.717) is 12.6 Å². The summed E-state index contributed by atoms with van der Waals surface area (Å²) in [5, 5.41) is 0. The van der Waals surface area contributed by atoms with Gasteiger partial charge in [0.1, 0.15) is 0 Å².